The first-order valence-corrected chi connectivity index (χ1v) is 5.92. The summed E-state index contributed by atoms with van der Waals surface area (Å²) < 4.78 is 9.41. The molecule has 0 amide bonds. The van der Waals surface area contributed by atoms with Crippen LogP contribution in [-0.2, 0) is 20.0 Å². The Hall–Kier alpha value is -1.77. The van der Waals surface area contributed by atoms with Crippen LogP contribution in [0.25, 0.3) is 0 Å². The second-order valence-electron chi connectivity index (χ2n) is 4.27. The number of hydrogen-bond acceptors (Lipinski definition) is 1. The van der Waals surface area contributed by atoms with Gasteiger partial charge >= 0.3 is 0 Å². The van der Waals surface area contributed by atoms with Crippen LogP contribution in [0.2, 0.25) is 0 Å². The Balaban J connectivity index is 1.81. The van der Waals surface area contributed by atoms with E-state index in [0.29, 0.717) is 0 Å². The molecule has 1 aromatic carbocycles. The highest BCUT2D eigenvalue weighted by Crippen LogP contribution is 2.12. The van der Waals surface area contributed by atoms with Crippen molar-refractivity contribution in [2.24, 2.45) is 7.05 Å². The molecule has 0 fully saturated rings. The van der Waals surface area contributed by atoms with Crippen molar-refractivity contribution < 1.29 is 9.30 Å². The third-order valence-electron chi connectivity index (χ3n) is 2.86. The Labute approximate surface area is 102 Å². The predicted octanol–water partition coefficient (Wildman–Crippen LogP) is 1.95. The van der Waals surface area contributed by atoms with Crippen molar-refractivity contribution >= 4 is 0 Å². The Morgan fingerprint density at radius 1 is 1.24 bits per heavy atom. The maximum Gasteiger partial charge on any atom is 0.243 e. The highest BCUT2D eigenvalue weighted by Gasteiger charge is 2.00. The first-order chi connectivity index (χ1) is 8.28. The second kappa shape index (κ2) is 5.53. The number of methoxy groups -OCH3 is 1. The first-order valence-electron chi connectivity index (χ1n) is 5.92. The van der Waals surface area contributed by atoms with Crippen LogP contribution in [0, 0.1) is 0 Å². The molecule has 0 unspecified atom stereocenters. The number of aromatic nitrogens is 2. The average molecular weight is 231 g/mol. The number of hydrogen-bond donors (Lipinski definition) is 0. The number of nitrogens with zero attached hydrogens (tertiary/aromatic N) is 2. The molecule has 0 atom stereocenters. The monoisotopic (exact) mass is 231 g/mol. The summed E-state index contributed by atoms with van der Waals surface area (Å²) >= 11 is 0. The molecular formula is C14H19N2O+. The molecule has 0 radical (unpaired) electrons. The minimum Gasteiger partial charge on any atom is -0.497 e. The van der Waals surface area contributed by atoms with Gasteiger partial charge in [0.15, 0.2) is 0 Å². The fourth-order valence-electron chi connectivity index (χ4n) is 1.89. The van der Waals surface area contributed by atoms with Crippen LogP contribution in [-0.4, -0.2) is 11.7 Å². The number of rotatable bonds is 5. The van der Waals surface area contributed by atoms with Crippen molar-refractivity contribution in [2.45, 2.75) is 19.4 Å². The molecule has 90 valence electrons. The van der Waals surface area contributed by atoms with Gasteiger partial charge in [-0.15, -0.1) is 0 Å². The summed E-state index contributed by atoms with van der Waals surface area (Å²) in [4.78, 5) is 0. The summed E-state index contributed by atoms with van der Waals surface area (Å²) in [6, 6.07) is 8.30. The summed E-state index contributed by atoms with van der Waals surface area (Å²) in [6.45, 7) is 1.06. The van der Waals surface area contributed by atoms with E-state index in [1.165, 1.54) is 5.56 Å². The number of benzene rings is 1. The van der Waals surface area contributed by atoms with Crippen LogP contribution in [0.5, 0.6) is 5.75 Å². The lowest BCUT2D eigenvalue weighted by atomic mass is 10.1. The van der Waals surface area contributed by atoms with Crippen molar-refractivity contribution in [2.75, 3.05) is 7.11 Å². The van der Waals surface area contributed by atoms with Gasteiger partial charge in [-0.25, -0.2) is 9.13 Å². The number of imidazole rings is 1. The lowest BCUT2D eigenvalue weighted by Crippen LogP contribution is -2.23. The largest absolute Gasteiger partial charge is 0.497 e. The molecule has 0 bridgehead atoms. The van der Waals surface area contributed by atoms with Crippen molar-refractivity contribution in [1.29, 1.82) is 0 Å². The van der Waals surface area contributed by atoms with Crippen LogP contribution >= 0.6 is 0 Å². The molecule has 0 aliphatic heterocycles. The molecule has 1 heterocycles. The number of aryl methyl sites for hydroxylation is 3. The van der Waals surface area contributed by atoms with Crippen molar-refractivity contribution in [3.63, 3.8) is 0 Å². The average Bonchev–Trinajstić information content (AvgIpc) is 2.76. The van der Waals surface area contributed by atoms with Gasteiger partial charge < -0.3 is 4.74 Å². The van der Waals surface area contributed by atoms with Crippen LogP contribution in [0.3, 0.4) is 0 Å². The smallest absolute Gasteiger partial charge is 0.243 e. The van der Waals surface area contributed by atoms with Crippen molar-refractivity contribution in [3.8, 4) is 5.75 Å². The Morgan fingerprint density at radius 2 is 2.00 bits per heavy atom. The third kappa shape index (κ3) is 3.34. The Bertz CT molecular complexity index is 459. The molecule has 0 spiro atoms. The molecule has 0 aliphatic carbocycles. The predicted molar refractivity (Wildman–Crippen MR) is 66.9 cm³/mol. The summed E-state index contributed by atoms with van der Waals surface area (Å²) in [7, 11) is 3.74. The quantitative estimate of drug-likeness (QED) is 0.719. The zero-order chi connectivity index (χ0) is 12.1. The molecule has 2 rings (SSSR count). The van der Waals surface area contributed by atoms with Crippen molar-refractivity contribution in [3.05, 3.63) is 48.5 Å². The van der Waals surface area contributed by atoms with Crippen LogP contribution in [0.1, 0.15) is 12.0 Å². The SMILES string of the molecule is COc1ccc(CCCn2cc[n+](C)c2)cc1. The van der Waals surface area contributed by atoms with Gasteiger partial charge in [-0.05, 0) is 30.5 Å². The maximum absolute atomic E-state index is 5.14. The topological polar surface area (TPSA) is 18.0 Å². The molecule has 2 aromatic rings. The molecular weight excluding hydrogens is 212 g/mol. The van der Waals surface area contributed by atoms with Gasteiger partial charge in [0.2, 0.25) is 6.33 Å². The lowest BCUT2D eigenvalue weighted by molar-refractivity contribution is -0.671. The highest BCUT2D eigenvalue weighted by atomic mass is 16.5. The van der Waals surface area contributed by atoms with Crippen LogP contribution in [0.4, 0.5) is 0 Å². The van der Waals surface area contributed by atoms with E-state index < -0.39 is 0 Å². The maximum atomic E-state index is 5.14. The van der Waals surface area contributed by atoms with Gasteiger partial charge in [0.1, 0.15) is 18.1 Å². The molecule has 17 heavy (non-hydrogen) atoms. The van der Waals surface area contributed by atoms with Crippen molar-refractivity contribution in [1.82, 2.24) is 4.57 Å². The molecule has 3 heteroatoms. The van der Waals surface area contributed by atoms with Crippen LogP contribution in [0.15, 0.2) is 43.0 Å². The fourth-order valence-corrected chi connectivity index (χ4v) is 1.89. The van der Waals surface area contributed by atoms with Gasteiger partial charge in [-0.3, -0.25) is 0 Å². The zero-order valence-corrected chi connectivity index (χ0v) is 10.5. The number of ether oxygens (including phenoxy) is 1. The molecule has 0 saturated carbocycles. The summed E-state index contributed by atoms with van der Waals surface area (Å²) in [6.07, 6.45) is 8.53. The van der Waals surface area contributed by atoms with Gasteiger partial charge in [-0.1, -0.05) is 12.1 Å². The molecule has 0 saturated heterocycles. The third-order valence-corrected chi connectivity index (χ3v) is 2.86. The van der Waals surface area contributed by atoms with Gasteiger partial charge in [0, 0.05) is 0 Å². The van der Waals surface area contributed by atoms with Gasteiger partial charge in [-0.2, -0.15) is 0 Å². The normalized spacial score (nSPS) is 10.5. The zero-order valence-electron chi connectivity index (χ0n) is 10.5. The summed E-state index contributed by atoms with van der Waals surface area (Å²) in [5.74, 6) is 0.922. The van der Waals surface area contributed by atoms with Crippen LogP contribution < -0.4 is 9.30 Å². The van der Waals surface area contributed by atoms with Gasteiger partial charge in [0.25, 0.3) is 0 Å². The first kappa shape index (κ1) is 11.7. The summed E-state index contributed by atoms with van der Waals surface area (Å²) in [5.41, 5.74) is 1.36. The fraction of sp³-hybridized carbons (Fsp3) is 0.357. The standard InChI is InChI=1S/C14H19N2O/c1-15-10-11-16(12-15)9-3-4-13-5-7-14(17-2)8-6-13/h5-8,10-12H,3-4,9H2,1-2H3/q+1. The second-order valence-corrected chi connectivity index (χ2v) is 4.27. The Morgan fingerprint density at radius 3 is 2.59 bits per heavy atom. The minimum atomic E-state index is 0.922. The lowest BCUT2D eigenvalue weighted by Gasteiger charge is -2.02. The molecule has 0 aliphatic rings. The van der Waals surface area contributed by atoms with E-state index in [0.717, 1.165) is 25.1 Å². The van der Waals surface area contributed by atoms with E-state index >= 15 is 0 Å². The summed E-state index contributed by atoms with van der Waals surface area (Å²) in [5, 5.41) is 0. The van der Waals surface area contributed by atoms with E-state index in [2.05, 4.69) is 40.0 Å². The van der Waals surface area contributed by atoms with Gasteiger partial charge in [0.05, 0.1) is 20.7 Å². The Kier molecular flexibility index (Phi) is 3.81. The molecule has 0 N–H and O–H groups in total. The van der Waals surface area contributed by atoms with E-state index in [1.54, 1.807) is 7.11 Å². The van der Waals surface area contributed by atoms with E-state index in [-0.39, 0.29) is 0 Å². The minimum absolute atomic E-state index is 0.922. The van der Waals surface area contributed by atoms with E-state index in [4.69, 9.17) is 4.74 Å². The molecule has 3 nitrogen and oxygen atoms in total. The van der Waals surface area contributed by atoms with E-state index in [9.17, 15) is 0 Å². The highest BCUT2D eigenvalue weighted by molar-refractivity contribution is 5.27. The van der Waals surface area contributed by atoms with E-state index in [1.807, 2.05) is 19.2 Å². The molecule has 1 aromatic heterocycles.